The molecule has 0 saturated heterocycles. The summed E-state index contributed by atoms with van der Waals surface area (Å²) in [4.78, 5) is 37.5. The highest BCUT2D eigenvalue weighted by Gasteiger charge is 2.22. The molecule has 0 heterocycles. The number of allylic oxidation sites excluding steroid dienone is 1. The standard InChI is InChI=1S/C43H84NO10P/c1-6-8-10-12-14-15-16-17-18-19-20-21-25-30-34-43(48)54-39(38-53-55(49,50)52-36-35-44(3,4)5)37-51-42(47)33-29-26-22-24-28-32-41(46)40(45)31-27-23-13-11-9-7-2/h23,27,39-41,45-46H,6-22,24-26,28-38H2,1-5H3/b27-23-/t39-,40-,41-/m1/s1. The molecule has 2 N–H and O–H groups in total. The maximum atomic E-state index is 12.7. The third-order valence-corrected chi connectivity index (χ3v) is 10.7. The van der Waals surface area contributed by atoms with Crippen LogP contribution in [-0.4, -0.2) is 92.5 Å². The number of hydrogen-bond acceptors (Lipinski definition) is 10. The van der Waals surface area contributed by atoms with Crippen LogP contribution in [0.3, 0.4) is 0 Å². The first-order chi connectivity index (χ1) is 26.3. The van der Waals surface area contributed by atoms with Crippen LogP contribution in [0, 0.1) is 0 Å². The van der Waals surface area contributed by atoms with E-state index in [1.807, 2.05) is 27.2 Å². The Kier molecular flexibility index (Phi) is 34.9. The fourth-order valence-corrected chi connectivity index (χ4v) is 6.82. The third-order valence-electron chi connectivity index (χ3n) is 9.74. The number of nitrogens with zero attached hydrogens (tertiary/aromatic N) is 1. The highest BCUT2D eigenvalue weighted by molar-refractivity contribution is 7.45. The molecule has 0 spiro atoms. The number of esters is 2. The van der Waals surface area contributed by atoms with E-state index in [0.29, 0.717) is 36.7 Å². The van der Waals surface area contributed by atoms with Crippen molar-refractivity contribution in [3.63, 3.8) is 0 Å². The number of aliphatic hydroxyl groups is 2. The Morgan fingerprint density at radius 2 is 1.13 bits per heavy atom. The summed E-state index contributed by atoms with van der Waals surface area (Å²) in [6.45, 7) is 4.00. The van der Waals surface area contributed by atoms with Gasteiger partial charge in [-0.1, -0.05) is 148 Å². The van der Waals surface area contributed by atoms with E-state index in [0.717, 1.165) is 57.8 Å². The van der Waals surface area contributed by atoms with Gasteiger partial charge in [-0.3, -0.25) is 14.2 Å². The summed E-state index contributed by atoms with van der Waals surface area (Å²) in [6, 6.07) is 0. The van der Waals surface area contributed by atoms with Gasteiger partial charge in [-0.2, -0.15) is 0 Å². The number of hydrogen-bond donors (Lipinski definition) is 2. The van der Waals surface area contributed by atoms with Crippen LogP contribution in [0.2, 0.25) is 0 Å². The highest BCUT2D eigenvalue weighted by Crippen LogP contribution is 2.38. The van der Waals surface area contributed by atoms with E-state index >= 15 is 0 Å². The maximum Gasteiger partial charge on any atom is 0.306 e. The number of aliphatic hydroxyl groups excluding tert-OH is 2. The van der Waals surface area contributed by atoms with E-state index < -0.39 is 44.7 Å². The van der Waals surface area contributed by atoms with E-state index in [-0.39, 0.29) is 26.1 Å². The molecule has 0 aromatic rings. The summed E-state index contributed by atoms with van der Waals surface area (Å²) in [7, 11) is 1.09. The molecule has 0 aromatic carbocycles. The Hall–Kier alpha value is -1.33. The van der Waals surface area contributed by atoms with Gasteiger partial charge in [0.05, 0.1) is 40.0 Å². The maximum absolute atomic E-state index is 12.7. The average molecular weight is 806 g/mol. The lowest BCUT2D eigenvalue weighted by Crippen LogP contribution is -2.37. The van der Waals surface area contributed by atoms with Crippen LogP contribution in [0.4, 0.5) is 0 Å². The molecule has 0 aromatic heterocycles. The summed E-state index contributed by atoms with van der Waals surface area (Å²) in [5, 5.41) is 20.4. The van der Waals surface area contributed by atoms with Crippen LogP contribution in [0.5, 0.6) is 0 Å². The lowest BCUT2D eigenvalue weighted by atomic mass is 10.0. The Bertz CT molecular complexity index is 989. The monoisotopic (exact) mass is 806 g/mol. The lowest BCUT2D eigenvalue weighted by Gasteiger charge is -2.28. The molecule has 0 aliphatic carbocycles. The van der Waals surface area contributed by atoms with Gasteiger partial charge in [0.15, 0.2) is 6.10 Å². The molecule has 1 unspecified atom stereocenters. The second-order valence-corrected chi connectivity index (χ2v) is 17.8. The van der Waals surface area contributed by atoms with Crippen molar-refractivity contribution in [1.82, 2.24) is 0 Å². The molecule has 0 aliphatic heterocycles. The first-order valence-electron chi connectivity index (χ1n) is 22.1. The van der Waals surface area contributed by atoms with E-state index in [2.05, 4.69) is 19.9 Å². The van der Waals surface area contributed by atoms with Crippen molar-refractivity contribution in [3.05, 3.63) is 12.2 Å². The predicted octanol–water partition coefficient (Wildman–Crippen LogP) is 9.50. The first kappa shape index (κ1) is 53.7. The van der Waals surface area contributed by atoms with Gasteiger partial charge in [-0.25, -0.2) is 0 Å². The van der Waals surface area contributed by atoms with Crippen LogP contribution >= 0.6 is 7.82 Å². The average Bonchev–Trinajstić information content (AvgIpc) is 3.13. The highest BCUT2D eigenvalue weighted by atomic mass is 31.2. The molecule has 0 fully saturated rings. The normalized spacial score (nSPS) is 14.8. The summed E-state index contributed by atoms with van der Waals surface area (Å²) in [5.74, 6) is -0.939. The van der Waals surface area contributed by atoms with Gasteiger partial charge in [0, 0.05) is 12.8 Å². The number of rotatable bonds is 40. The Morgan fingerprint density at radius 1 is 0.636 bits per heavy atom. The SMILES string of the molecule is CCCCC/C=C\C[C@@H](O)[C@H](O)CCCCCCCC(=O)OC[C@H](COP(=O)([O-])OCC[N+](C)(C)C)OC(=O)CCCCCCCCCCCCCCCC. The number of carbonyl (C=O) groups is 2. The number of phosphoric ester groups is 1. The second kappa shape index (κ2) is 35.8. The van der Waals surface area contributed by atoms with Gasteiger partial charge < -0.3 is 38.1 Å². The van der Waals surface area contributed by atoms with E-state index in [4.69, 9.17) is 18.5 Å². The van der Waals surface area contributed by atoms with E-state index in [1.165, 1.54) is 77.0 Å². The number of quaternary nitrogens is 1. The third kappa shape index (κ3) is 38.0. The summed E-state index contributed by atoms with van der Waals surface area (Å²) in [5.41, 5.74) is 0. The van der Waals surface area contributed by atoms with E-state index in [9.17, 15) is 29.3 Å². The number of likely N-dealkylation sites (N-methyl/N-ethyl adjacent to an activating group) is 1. The van der Waals surface area contributed by atoms with Crippen LogP contribution < -0.4 is 4.89 Å². The fraction of sp³-hybridized carbons (Fsp3) is 0.907. The van der Waals surface area contributed by atoms with Crippen molar-refractivity contribution < 1.29 is 52.3 Å². The van der Waals surface area contributed by atoms with Crippen molar-refractivity contribution in [2.75, 3.05) is 47.5 Å². The van der Waals surface area contributed by atoms with Crippen molar-refractivity contribution in [2.24, 2.45) is 0 Å². The van der Waals surface area contributed by atoms with Crippen LogP contribution in [0.1, 0.15) is 187 Å². The van der Waals surface area contributed by atoms with Crippen molar-refractivity contribution in [1.29, 1.82) is 0 Å². The predicted molar refractivity (Wildman–Crippen MR) is 220 cm³/mol. The second-order valence-electron chi connectivity index (χ2n) is 16.4. The number of phosphoric acid groups is 1. The summed E-state index contributed by atoms with van der Waals surface area (Å²) >= 11 is 0. The largest absolute Gasteiger partial charge is 0.756 e. The molecular formula is C43H84NO10P. The number of carbonyl (C=O) groups excluding carboxylic acids is 2. The molecule has 0 rings (SSSR count). The van der Waals surface area contributed by atoms with Crippen molar-refractivity contribution >= 4 is 19.8 Å². The van der Waals surface area contributed by atoms with Gasteiger partial charge in [-0.05, 0) is 38.5 Å². The van der Waals surface area contributed by atoms with Crippen LogP contribution in [0.25, 0.3) is 0 Å². The minimum absolute atomic E-state index is 0.0533. The molecule has 0 radical (unpaired) electrons. The smallest absolute Gasteiger partial charge is 0.306 e. The van der Waals surface area contributed by atoms with Crippen molar-refractivity contribution in [3.8, 4) is 0 Å². The molecule has 4 atom stereocenters. The quantitative estimate of drug-likeness (QED) is 0.0201. The minimum Gasteiger partial charge on any atom is -0.756 e. The lowest BCUT2D eigenvalue weighted by molar-refractivity contribution is -0.870. The van der Waals surface area contributed by atoms with Gasteiger partial charge in [-0.15, -0.1) is 0 Å². The molecular weight excluding hydrogens is 721 g/mol. The molecule has 12 heteroatoms. The molecule has 326 valence electrons. The first-order valence-corrected chi connectivity index (χ1v) is 23.5. The van der Waals surface area contributed by atoms with Crippen LogP contribution in [-0.2, 0) is 32.7 Å². The Balaban J connectivity index is 4.46. The number of unbranched alkanes of at least 4 members (excludes halogenated alkanes) is 20. The van der Waals surface area contributed by atoms with Gasteiger partial charge in [0.25, 0.3) is 7.82 Å². The minimum atomic E-state index is -4.65. The van der Waals surface area contributed by atoms with E-state index in [1.54, 1.807) is 0 Å². The molecule has 55 heavy (non-hydrogen) atoms. The molecule has 11 nitrogen and oxygen atoms in total. The van der Waals surface area contributed by atoms with Crippen molar-refractivity contribution in [2.45, 2.75) is 206 Å². The number of ether oxygens (including phenoxy) is 2. The molecule has 0 aliphatic rings. The molecule has 0 amide bonds. The zero-order chi connectivity index (χ0) is 41.0. The van der Waals surface area contributed by atoms with Gasteiger partial charge in [0.1, 0.15) is 19.8 Å². The van der Waals surface area contributed by atoms with Crippen LogP contribution in [0.15, 0.2) is 12.2 Å². The summed E-state index contributed by atoms with van der Waals surface area (Å²) < 4.78 is 33.8. The zero-order valence-electron chi connectivity index (χ0n) is 35.9. The van der Waals surface area contributed by atoms with Gasteiger partial charge >= 0.3 is 11.9 Å². The summed E-state index contributed by atoms with van der Waals surface area (Å²) in [6.07, 6.45) is 28.3. The fourth-order valence-electron chi connectivity index (χ4n) is 6.09. The Morgan fingerprint density at radius 3 is 1.67 bits per heavy atom. The zero-order valence-corrected chi connectivity index (χ0v) is 36.8. The topological polar surface area (TPSA) is 152 Å². The Labute approximate surface area is 336 Å². The molecule has 0 saturated carbocycles. The molecule has 0 bridgehead atoms. The van der Waals surface area contributed by atoms with Gasteiger partial charge in [0.2, 0.25) is 0 Å².